The number of hydrogen-bond donors (Lipinski definition) is 0. The fourth-order valence-electron chi connectivity index (χ4n) is 2.69. The highest BCUT2D eigenvalue weighted by Crippen LogP contribution is 2.36. The average Bonchev–Trinajstić information content (AvgIpc) is 2.72. The molecule has 0 saturated carbocycles. The standard InChI is InChI=1S/C23H17ClINO2/c1-27-22-13-16(11-19(14-26)17-7-3-2-4-8-17)12-21(25)23(22)28-15-18-9-5-6-10-20(18)24/h2-13H,15H2,1H3/b19-11-. The number of methoxy groups -OCH3 is 1. The lowest BCUT2D eigenvalue weighted by atomic mass is 10.0. The minimum Gasteiger partial charge on any atom is -0.493 e. The Morgan fingerprint density at radius 3 is 2.50 bits per heavy atom. The predicted octanol–water partition coefficient (Wildman–Crippen LogP) is 6.60. The van der Waals surface area contributed by atoms with E-state index in [1.165, 1.54) is 0 Å². The summed E-state index contributed by atoms with van der Waals surface area (Å²) in [5.74, 6) is 1.26. The lowest BCUT2D eigenvalue weighted by Crippen LogP contribution is -2.00. The van der Waals surface area contributed by atoms with E-state index in [0.29, 0.717) is 28.7 Å². The highest BCUT2D eigenvalue weighted by molar-refractivity contribution is 14.1. The number of nitrogens with zero attached hydrogens (tertiary/aromatic N) is 1. The van der Waals surface area contributed by atoms with Crippen molar-refractivity contribution in [2.45, 2.75) is 6.61 Å². The number of nitriles is 1. The molecule has 0 radical (unpaired) electrons. The molecule has 0 heterocycles. The summed E-state index contributed by atoms with van der Waals surface area (Å²) in [4.78, 5) is 0. The van der Waals surface area contributed by atoms with Crippen molar-refractivity contribution in [1.29, 1.82) is 5.26 Å². The number of rotatable bonds is 6. The van der Waals surface area contributed by atoms with Crippen LogP contribution in [0.25, 0.3) is 11.6 Å². The maximum Gasteiger partial charge on any atom is 0.174 e. The van der Waals surface area contributed by atoms with E-state index in [9.17, 15) is 5.26 Å². The van der Waals surface area contributed by atoms with E-state index in [1.54, 1.807) is 7.11 Å². The average molecular weight is 502 g/mol. The van der Waals surface area contributed by atoms with Crippen molar-refractivity contribution in [2.75, 3.05) is 7.11 Å². The van der Waals surface area contributed by atoms with E-state index < -0.39 is 0 Å². The van der Waals surface area contributed by atoms with Crippen molar-refractivity contribution in [1.82, 2.24) is 0 Å². The Labute approximate surface area is 183 Å². The fourth-order valence-corrected chi connectivity index (χ4v) is 3.66. The molecule has 0 bridgehead atoms. The Morgan fingerprint density at radius 2 is 1.82 bits per heavy atom. The molecule has 0 N–H and O–H groups in total. The Kier molecular flexibility index (Phi) is 6.96. The summed E-state index contributed by atoms with van der Waals surface area (Å²) in [5, 5.41) is 10.2. The van der Waals surface area contributed by atoms with Crippen LogP contribution in [0.4, 0.5) is 0 Å². The highest BCUT2D eigenvalue weighted by Gasteiger charge is 2.13. The van der Waals surface area contributed by atoms with Crippen LogP contribution in [0.2, 0.25) is 5.02 Å². The van der Waals surface area contributed by atoms with E-state index in [4.69, 9.17) is 21.1 Å². The van der Waals surface area contributed by atoms with Gasteiger partial charge in [-0.25, -0.2) is 0 Å². The number of hydrogen-bond acceptors (Lipinski definition) is 3. The van der Waals surface area contributed by atoms with Crippen molar-refractivity contribution in [3.8, 4) is 17.6 Å². The zero-order chi connectivity index (χ0) is 19.9. The summed E-state index contributed by atoms with van der Waals surface area (Å²) < 4.78 is 12.4. The lowest BCUT2D eigenvalue weighted by molar-refractivity contribution is 0.282. The number of halogens is 2. The molecule has 0 fully saturated rings. The van der Waals surface area contributed by atoms with Crippen LogP contribution >= 0.6 is 34.2 Å². The molecule has 0 saturated heterocycles. The maximum absolute atomic E-state index is 9.54. The third kappa shape index (κ3) is 4.86. The van der Waals surface area contributed by atoms with Gasteiger partial charge in [0.25, 0.3) is 0 Å². The molecule has 0 atom stereocenters. The van der Waals surface area contributed by atoms with Crippen molar-refractivity contribution < 1.29 is 9.47 Å². The number of allylic oxidation sites excluding steroid dienone is 1. The summed E-state index contributed by atoms with van der Waals surface area (Å²) >= 11 is 8.42. The molecule has 0 aromatic heterocycles. The normalized spacial score (nSPS) is 11.0. The van der Waals surface area contributed by atoms with Gasteiger partial charge in [-0.15, -0.1) is 0 Å². The third-order valence-electron chi connectivity index (χ3n) is 4.10. The largest absolute Gasteiger partial charge is 0.493 e. The van der Waals surface area contributed by atoms with Crippen molar-refractivity contribution in [3.63, 3.8) is 0 Å². The molecule has 3 nitrogen and oxygen atoms in total. The van der Waals surface area contributed by atoms with Gasteiger partial charge >= 0.3 is 0 Å². The van der Waals surface area contributed by atoms with Crippen LogP contribution in [0, 0.1) is 14.9 Å². The second-order valence-electron chi connectivity index (χ2n) is 5.95. The second-order valence-corrected chi connectivity index (χ2v) is 7.52. The molecule has 3 rings (SSSR count). The minimum atomic E-state index is 0.342. The van der Waals surface area contributed by atoms with Crippen LogP contribution in [0.15, 0.2) is 66.7 Å². The van der Waals surface area contributed by atoms with Gasteiger partial charge in [-0.1, -0.05) is 60.1 Å². The van der Waals surface area contributed by atoms with Gasteiger partial charge in [0.1, 0.15) is 6.61 Å². The number of benzene rings is 3. The Morgan fingerprint density at radius 1 is 1.11 bits per heavy atom. The predicted molar refractivity (Wildman–Crippen MR) is 121 cm³/mol. The van der Waals surface area contributed by atoms with E-state index in [1.807, 2.05) is 72.8 Å². The lowest BCUT2D eigenvalue weighted by Gasteiger charge is -2.14. The van der Waals surface area contributed by atoms with Crippen LogP contribution in [0.5, 0.6) is 11.5 Å². The van der Waals surface area contributed by atoms with Gasteiger partial charge in [-0.2, -0.15) is 5.26 Å². The van der Waals surface area contributed by atoms with Gasteiger partial charge in [0, 0.05) is 10.6 Å². The molecule has 3 aromatic carbocycles. The van der Waals surface area contributed by atoms with E-state index >= 15 is 0 Å². The molecular formula is C23H17ClINO2. The molecule has 0 unspecified atom stereocenters. The topological polar surface area (TPSA) is 42.2 Å². The summed E-state index contributed by atoms with van der Waals surface area (Å²) in [7, 11) is 1.60. The molecule has 0 aliphatic rings. The molecule has 28 heavy (non-hydrogen) atoms. The van der Waals surface area contributed by atoms with Gasteiger partial charge < -0.3 is 9.47 Å². The molecular weight excluding hydrogens is 485 g/mol. The molecule has 3 aromatic rings. The Hall–Kier alpha value is -2.49. The van der Waals surface area contributed by atoms with Gasteiger partial charge in [-0.05, 0) is 58.0 Å². The van der Waals surface area contributed by atoms with Crippen molar-refractivity contribution in [2.24, 2.45) is 0 Å². The fraction of sp³-hybridized carbons (Fsp3) is 0.0870. The van der Waals surface area contributed by atoms with Crippen LogP contribution in [-0.2, 0) is 6.61 Å². The highest BCUT2D eigenvalue weighted by atomic mass is 127. The van der Waals surface area contributed by atoms with Crippen LogP contribution in [-0.4, -0.2) is 7.11 Å². The first kappa shape index (κ1) is 20.2. The first-order valence-corrected chi connectivity index (χ1v) is 9.99. The van der Waals surface area contributed by atoms with Crippen LogP contribution in [0.1, 0.15) is 16.7 Å². The van der Waals surface area contributed by atoms with Gasteiger partial charge in [0.2, 0.25) is 0 Å². The molecule has 0 aliphatic heterocycles. The maximum atomic E-state index is 9.54. The molecule has 0 amide bonds. The van der Waals surface area contributed by atoms with Crippen LogP contribution < -0.4 is 9.47 Å². The molecule has 0 spiro atoms. The van der Waals surface area contributed by atoms with Gasteiger partial charge in [0.05, 0.1) is 22.3 Å². The first-order chi connectivity index (χ1) is 13.6. The molecule has 0 aliphatic carbocycles. The third-order valence-corrected chi connectivity index (χ3v) is 5.27. The van der Waals surface area contributed by atoms with E-state index in [2.05, 4.69) is 28.7 Å². The van der Waals surface area contributed by atoms with Crippen molar-refractivity contribution in [3.05, 3.63) is 92.0 Å². The van der Waals surface area contributed by atoms with Crippen LogP contribution in [0.3, 0.4) is 0 Å². The summed E-state index contributed by atoms with van der Waals surface area (Å²) in [5.41, 5.74) is 3.23. The first-order valence-electron chi connectivity index (χ1n) is 8.53. The quantitative estimate of drug-likeness (QED) is 0.217. The van der Waals surface area contributed by atoms with E-state index in [-0.39, 0.29) is 0 Å². The Bertz CT molecular complexity index is 1040. The second kappa shape index (κ2) is 9.63. The summed E-state index contributed by atoms with van der Waals surface area (Å²) in [6.45, 7) is 0.342. The smallest absolute Gasteiger partial charge is 0.174 e. The Balaban J connectivity index is 1.90. The van der Waals surface area contributed by atoms with E-state index in [0.717, 1.165) is 20.3 Å². The summed E-state index contributed by atoms with van der Waals surface area (Å²) in [6, 6.07) is 23.2. The SMILES string of the molecule is COc1cc(/C=C(/C#N)c2ccccc2)cc(I)c1OCc1ccccc1Cl. The van der Waals surface area contributed by atoms with Gasteiger partial charge in [0.15, 0.2) is 11.5 Å². The molecule has 140 valence electrons. The zero-order valence-electron chi connectivity index (χ0n) is 15.2. The zero-order valence-corrected chi connectivity index (χ0v) is 18.1. The minimum absolute atomic E-state index is 0.342. The van der Waals surface area contributed by atoms with Gasteiger partial charge in [-0.3, -0.25) is 0 Å². The number of ether oxygens (including phenoxy) is 2. The monoisotopic (exact) mass is 501 g/mol. The summed E-state index contributed by atoms with van der Waals surface area (Å²) in [6.07, 6.45) is 1.85. The molecule has 5 heteroatoms. The van der Waals surface area contributed by atoms with Crippen molar-refractivity contribution >= 4 is 45.8 Å².